The topological polar surface area (TPSA) is 58.2 Å². The van der Waals surface area contributed by atoms with E-state index in [9.17, 15) is 9.18 Å². The molecule has 2 aromatic heterocycles. The number of hydrogen-bond donors (Lipinski definition) is 1. The van der Waals surface area contributed by atoms with Gasteiger partial charge in [-0.1, -0.05) is 12.1 Å². The van der Waals surface area contributed by atoms with Gasteiger partial charge in [-0.2, -0.15) is 0 Å². The summed E-state index contributed by atoms with van der Waals surface area (Å²) < 4.78 is 18.5. The number of rotatable bonds is 3. The highest BCUT2D eigenvalue weighted by Crippen LogP contribution is 2.29. The van der Waals surface area contributed by atoms with E-state index in [-0.39, 0.29) is 5.91 Å². The van der Waals surface area contributed by atoms with Gasteiger partial charge in [0.1, 0.15) is 11.9 Å². The second-order valence-corrected chi connectivity index (χ2v) is 6.52. The van der Waals surface area contributed by atoms with Gasteiger partial charge < -0.3 is 14.6 Å². The number of piperidine rings is 1. The second kappa shape index (κ2) is 6.78. The number of amides is 1. The van der Waals surface area contributed by atoms with Crippen molar-refractivity contribution in [3.63, 3.8) is 0 Å². The lowest BCUT2D eigenvalue weighted by Crippen LogP contribution is -2.39. The fourth-order valence-corrected chi connectivity index (χ4v) is 3.35. The van der Waals surface area contributed by atoms with Gasteiger partial charge in [-0.3, -0.25) is 9.78 Å². The molecular formula is C20H20FN3O2. The molecule has 1 saturated heterocycles. The molecule has 6 heteroatoms. The third kappa shape index (κ3) is 3.03. The van der Waals surface area contributed by atoms with Crippen LogP contribution in [0.5, 0.6) is 5.75 Å². The number of H-pyrrole nitrogens is 1. The number of aromatic amines is 1. The molecule has 0 unspecified atom stereocenters. The summed E-state index contributed by atoms with van der Waals surface area (Å²) in [6.07, 6.45) is 3.52. The van der Waals surface area contributed by atoms with Crippen molar-refractivity contribution in [3.8, 4) is 16.9 Å². The fraction of sp³-hybridized carbons (Fsp3) is 0.300. The van der Waals surface area contributed by atoms with Crippen LogP contribution in [0.2, 0.25) is 0 Å². The Morgan fingerprint density at radius 1 is 1.27 bits per heavy atom. The quantitative estimate of drug-likeness (QED) is 0.779. The number of carbonyl (C=O) groups excluding carboxylic acids is 1. The second-order valence-electron chi connectivity index (χ2n) is 6.52. The SMILES string of the molecule is COc1ccc(-c2c[nH]c3cc(C(=O)N4CCC(F)CC4)cnc23)cc1. The largest absolute Gasteiger partial charge is 0.497 e. The first-order valence-electron chi connectivity index (χ1n) is 8.70. The molecule has 1 aromatic carbocycles. The van der Waals surface area contributed by atoms with E-state index in [2.05, 4.69) is 9.97 Å². The molecule has 1 amide bonds. The zero-order valence-electron chi connectivity index (χ0n) is 14.5. The number of benzene rings is 1. The van der Waals surface area contributed by atoms with Crippen molar-refractivity contribution >= 4 is 16.9 Å². The number of pyridine rings is 1. The third-order valence-electron chi connectivity index (χ3n) is 4.87. The number of fused-ring (bicyclic) bond motifs is 1. The van der Waals surface area contributed by atoms with Crippen molar-refractivity contribution in [3.05, 3.63) is 48.3 Å². The highest BCUT2D eigenvalue weighted by molar-refractivity contribution is 5.99. The first kappa shape index (κ1) is 16.6. The van der Waals surface area contributed by atoms with Crippen LogP contribution in [0.1, 0.15) is 23.2 Å². The molecule has 5 nitrogen and oxygen atoms in total. The standard InChI is InChI=1S/C20H20FN3O2/c1-26-16-4-2-13(3-5-16)17-12-22-18-10-14(11-23-19(17)18)20(25)24-8-6-15(21)7-9-24/h2-5,10-12,15,22H,6-9H2,1H3. The van der Waals surface area contributed by atoms with Crippen LogP contribution in [0, 0.1) is 0 Å². The third-order valence-corrected chi connectivity index (χ3v) is 4.87. The minimum absolute atomic E-state index is 0.0908. The van der Waals surface area contributed by atoms with Gasteiger partial charge >= 0.3 is 0 Å². The number of ether oxygens (including phenoxy) is 1. The number of methoxy groups -OCH3 is 1. The average molecular weight is 353 g/mol. The van der Waals surface area contributed by atoms with E-state index in [4.69, 9.17) is 4.74 Å². The fourth-order valence-electron chi connectivity index (χ4n) is 3.35. The molecule has 134 valence electrons. The van der Waals surface area contributed by atoms with Crippen LogP contribution in [0.15, 0.2) is 42.7 Å². The molecule has 1 aliphatic heterocycles. The summed E-state index contributed by atoms with van der Waals surface area (Å²) in [5, 5.41) is 0. The molecule has 4 rings (SSSR count). The highest BCUT2D eigenvalue weighted by atomic mass is 19.1. The predicted molar refractivity (Wildman–Crippen MR) is 98.1 cm³/mol. The minimum atomic E-state index is -0.796. The van der Waals surface area contributed by atoms with Gasteiger partial charge in [-0.15, -0.1) is 0 Å². The van der Waals surface area contributed by atoms with Gasteiger partial charge in [0.15, 0.2) is 0 Å². The first-order valence-corrected chi connectivity index (χ1v) is 8.70. The number of hydrogen-bond acceptors (Lipinski definition) is 3. The molecule has 0 aliphatic carbocycles. The molecule has 0 spiro atoms. The molecule has 0 bridgehead atoms. The van der Waals surface area contributed by atoms with E-state index in [0.717, 1.165) is 27.9 Å². The Hall–Kier alpha value is -2.89. The first-order chi connectivity index (χ1) is 12.7. The van der Waals surface area contributed by atoms with Crippen molar-refractivity contribution in [2.45, 2.75) is 19.0 Å². The van der Waals surface area contributed by atoms with Crippen LogP contribution in [-0.4, -0.2) is 47.1 Å². The zero-order valence-corrected chi connectivity index (χ0v) is 14.5. The van der Waals surface area contributed by atoms with Gasteiger partial charge in [0.05, 0.1) is 23.7 Å². The maximum absolute atomic E-state index is 13.3. The number of nitrogens with zero attached hydrogens (tertiary/aromatic N) is 2. The molecule has 1 aliphatic rings. The van der Waals surface area contributed by atoms with Crippen LogP contribution in [0.4, 0.5) is 4.39 Å². The Kier molecular flexibility index (Phi) is 4.32. The number of aromatic nitrogens is 2. The normalized spacial score (nSPS) is 15.4. The monoisotopic (exact) mass is 353 g/mol. The molecule has 0 saturated carbocycles. The summed E-state index contributed by atoms with van der Waals surface area (Å²) in [6, 6.07) is 9.58. The van der Waals surface area contributed by atoms with Crippen LogP contribution in [-0.2, 0) is 0 Å². The Bertz CT molecular complexity index is 928. The van der Waals surface area contributed by atoms with Crippen LogP contribution in [0.3, 0.4) is 0 Å². The number of likely N-dealkylation sites (tertiary alicyclic amines) is 1. The molecule has 0 atom stereocenters. The molecule has 3 aromatic rings. The van der Waals surface area contributed by atoms with Crippen LogP contribution < -0.4 is 4.74 Å². The Balaban J connectivity index is 1.61. The maximum Gasteiger partial charge on any atom is 0.255 e. The number of alkyl halides is 1. The smallest absolute Gasteiger partial charge is 0.255 e. The van der Waals surface area contributed by atoms with Crippen molar-refractivity contribution in [1.82, 2.24) is 14.9 Å². The van der Waals surface area contributed by atoms with Gasteiger partial charge in [0.25, 0.3) is 5.91 Å². The summed E-state index contributed by atoms with van der Waals surface area (Å²) in [7, 11) is 1.64. The summed E-state index contributed by atoms with van der Waals surface area (Å²) in [4.78, 5) is 22.0. The Labute approximate surface area is 150 Å². The van der Waals surface area contributed by atoms with Crippen molar-refractivity contribution in [2.75, 3.05) is 20.2 Å². The van der Waals surface area contributed by atoms with E-state index in [1.807, 2.05) is 36.5 Å². The van der Waals surface area contributed by atoms with Crippen LogP contribution in [0.25, 0.3) is 22.2 Å². The lowest BCUT2D eigenvalue weighted by molar-refractivity contribution is 0.0666. The van der Waals surface area contributed by atoms with Gasteiger partial charge in [-0.25, -0.2) is 4.39 Å². The summed E-state index contributed by atoms with van der Waals surface area (Å²) in [5.74, 6) is 0.707. The van der Waals surface area contributed by atoms with E-state index >= 15 is 0 Å². The predicted octanol–water partition coefficient (Wildman–Crippen LogP) is 3.81. The lowest BCUT2D eigenvalue weighted by Gasteiger charge is -2.28. The Morgan fingerprint density at radius 2 is 2.00 bits per heavy atom. The molecule has 1 fully saturated rings. The molecule has 3 heterocycles. The maximum atomic E-state index is 13.3. The van der Waals surface area contributed by atoms with E-state index in [0.29, 0.717) is 31.5 Å². The molecule has 0 radical (unpaired) electrons. The van der Waals surface area contributed by atoms with Gasteiger partial charge in [0, 0.05) is 31.0 Å². The zero-order chi connectivity index (χ0) is 18.1. The highest BCUT2D eigenvalue weighted by Gasteiger charge is 2.24. The van der Waals surface area contributed by atoms with E-state index in [1.54, 1.807) is 18.2 Å². The van der Waals surface area contributed by atoms with E-state index in [1.165, 1.54) is 0 Å². The molecule has 26 heavy (non-hydrogen) atoms. The summed E-state index contributed by atoms with van der Waals surface area (Å²) in [6.45, 7) is 0.916. The van der Waals surface area contributed by atoms with Crippen molar-refractivity contribution in [1.29, 1.82) is 0 Å². The van der Waals surface area contributed by atoms with Gasteiger partial charge in [0.2, 0.25) is 0 Å². The Morgan fingerprint density at radius 3 is 2.69 bits per heavy atom. The average Bonchev–Trinajstić information content (AvgIpc) is 3.11. The summed E-state index contributed by atoms with van der Waals surface area (Å²) >= 11 is 0. The number of halogens is 1. The van der Waals surface area contributed by atoms with Gasteiger partial charge in [-0.05, 0) is 36.6 Å². The van der Waals surface area contributed by atoms with Crippen LogP contribution >= 0.6 is 0 Å². The van der Waals surface area contributed by atoms with Crippen molar-refractivity contribution in [2.24, 2.45) is 0 Å². The number of nitrogens with one attached hydrogen (secondary N) is 1. The lowest BCUT2D eigenvalue weighted by atomic mass is 10.1. The molecule has 1 N–H and O–H groups in total. The van der Waals surface area contributed by atoms with Crippen molar-refractivity contribution < 1.29 is 13.9 Å². The molecular weight excluding hydrogens is 333 g/mol. The van der Waals surface area contributed by atoms with E-state index < -0.39 is 6.17 Å². The summed E-state index contributed by atoms with van der Waals surface area (Å²) in [5.41, 5.74) is 4.14. The minimum Gasteiger partial charge on any atom is -0.497 e. The number of carbonyl (C=O) groups is 1.